The minimum atomic E-state index is -5.01. The minimum Gasteiger partial charge on any atom is -0.686 e. The summed E-state index contributed by atoms with van der Waals surface area (Å²) in [5.74, 6) is -2.18. The van der Waals surface area contributed by atoms with Gasteiger partial charge in [0.05, 0.1) is 0 Å². The van der Waals surface area contributed by atoms with Crippen LogP contribution in [0.15, 0.2) is 0 Å². The molecule has 8 heteroatoms. The quantitative estimate of drug-likeness (QED) is 0.339. The Morgan fingerprint density at radius 3 is 1.36 bits per heavy atom. The van der Waals surface area contributed by atoms with Crippen LogP contribution in [0, 0.1) is 0 Å². The third kappa shape index (κ3) is 8.56. The van der Waals surface area contributed by atoms with E-state index in [-0.39, 0.29) is 59.1 Å². The molecule has 0 aliphatic rings. The molecular formula is C3H7Na2O5P. The largest absolute Gasteiger partial charge is 1.00 e. The second kappa shape index (κ2) is 7.62. The first-order valence-corrected chi connectivity index (χ1v) is 3.84. The monoisotopic (exact) mass is 200 g/mol. The van der Waals surface area contributed by atoms with Crippen molar-refractivity contribution in [3.05, 3.63) is 0 Å². The topological polar surface area (TPSA) is 110 Å². The molecule has 0 aromatic heterocycles. The van der Waals surface area contributed by atoms with Crippen LogP contribution in [0.3, 0.4) is 0 Å². The van der Waals surface area contributed by atoms with E-state index in [1.54, 1.807) is 0 Å². The van der Waals surface area contributed by atoms with Crippen LogP contribution in [0.2, 0.25) is 0 Å². The van der Waals surface area contributed by atoms with Crippen LogP contribution in [0.1, 0.15) is 6.92 Å². The van der Waals surface area contributed by atoms with Crippen molar-refractivity contribution in [3.8, 4) is 0 Å². The van der Waals surface area contributed by atoms with Crippen LogP contribution in [0.25, 0.3) is 0 Å². The first-order chi connectivity index (χ1) is 3.85. The van der Waals surface area contributed by atoms with Gasteiger partial charge in [-0.25, -0.2) is 0 Å². The van der Waals surface area contributed by atoms with Crippen molar-refractivity contribution in [2.45, 2.75) is 18.9 Å². The van der Waals surface area contributed by atoms with Gasteiger partial charge in [-0.1, -0.05) is 0 Å². The Balaban J connectivity index is -0.000000320. The predicted octanol–water partition coefficient (Wildman–Crippen LogP) is -9.46. The van der Waals surface area contributed by atoms with Crippen molar-refractivity contribution < 1.29 is 84.0 Å². The molecule has 5 nitrogen and oxygen atoms in total. The summed E-state index contributed by atoms with van der Waals surface area (Å²) in [5, 5.41) is 16.7. The Bertz CT molecular complexity index is 94.2. The average molecular weight is 200 g/mol. The number of rotatable bonds is 2. The SMILES string of the molecule is C[C@H](O)[C@@H](O)[P+]([O-])([O-])[O-].[Na+].[Na+]. The van der Waals surface area contributed by atoms with Crippen LogP contribution in [-0.4, -0.2) is 22.2 Å². The summed E-state index contributed by atoms with van der Waals surface area (Å²) in [6, 6.07) is 0. The number of hydrogen-bond acceptors (Lipinski definition) is 5. The maximum atomic E-state index is 9.83. The van der Waals surface area contributed by atoms with Gasteiger partial charge in [0.15, 0.2) is 5.85 Å². The molecule has 0 spiro atoms. The molecule has 0 unspecified atom stereocenters. The van der Waals surface area contributed by atoms with Gasteiger partial charge in [-0.05, 0) is 6.92 Å². The summed E-state index contributed by atoms with van der Waals surface area (Å²) in [4.78, 5) is 29.5. The molecule has 0 radical (unpaired) electrons. The molecule has 0 saturated carbocycles. The Labute approximate surface area is 110 Å². The molecular weight excluding hydrogens is 193 g/mol. The molecule has 2 N–H and O–H groups in total. The van der Waals surface area contributed by atoms with Crippen LogP contribution in [-0.2, 0) is 0 Å². The zero-order chi connectivity index (χ0) is 7.65. The third-order valence-electron chi connectivity index (χ3n) is 0.755. The van der Waals surface area contributed by atoms with Gasteiger partial charge in [0, 0.05) is 0 Å². The number of hydrogen-bond donors (Lipinski definition) is 2. The van der Waals surface area contributed by atoms with Gasteiger partial charge in [-0.3, -0.25) is 0 Å². The normalized spacial score (nSPS) is 15.8. The van der Waals surface area contributed by atoms with Gasteiger partial charge in [0.2, 0.25) is 0 Å². The third-order valence-corrected chi connectivity index (χ3v) is 1.83. The van der Waals surface area contributed by atoms with Gasteiger partial charge < -0.3 is 24.9 Å². The van der Waals surface area contributed by atoms with E-state index in [1.807, 2.05) is 0 Å². The minimum absolute atomic E-state index is 0. The van der Waals surface area contributed by atoms with Crippen LogP contribution in [0.4, 0.5) is 0 Å². The Morgan fingerprint density at radius 2 is 1.36 bits per heavy atom. The fraction of sp³-hybridized carbons (Fsp3) is 1.00. The van der Waals surface area contributed by atoms with Crippen molar-refractivity contribution in [1.29, 1.82) is 0 Å². The van der Waals surface area contributed by atoms with Gasteiger partial charge in [0.1, 0.15) is 6.10 Å². The molecule has 0 bridgehead atoms. The first-order valence-electron chi connectivity index (χ1n) is 2.23. The molecule has 0 aliphatic heterocycles. The standard InChI is InChI=1S/C3H9O5P.2Na/c1-2(4)3(5)9(6,7)8;;/h2-5H,1H3,(H2,6,7,8);;/q;2*+1/p-2/t2-,3-;;/m0../s1. The molecule has 0 aromatic rings. The van der Waals surface area contributed by atoms with E-state index in [0.29, 0.717) is 0 Å². The smallest absolute Gasteiger partial charge is 0.686 e. The van der Waals surface area contributed by atoms with Crippen molar-refractivity contribution in [2.75, 3.05) is 0 Å². The number of aliphatic hydroxyl groups is 2. The van der Waals surface area contributed by atoms with E-state index in [4.69, 9.17) is 10.2 Å². The predicted molar refractivity (Wildman–Crippen MR) is 24.6 cm³/mol. The Hall–Kier alpha value is 2.23. The molecule has 0 rings (SSSR count). The fourth-order valence-corrected chi connectivity index (χ4v) is 0.793. The fourth-order valence-electron chi connectivity index (χ4n) is 0.264. The van der Waals surface area contributed by atoms with E-state index < -0.39 is 19.9 Å². The zero-order valence-corrected chi connectivity index (χ0v) is 11.6. The van der Waals surface area contributed by atoms with E-state index in [0.717, 1.165) is 6.92 Å². The maximum absolute atomic E-state index is 9.83. The zero-order valence-electron chi connectivity index (χ0n) is 6.72. The van der Waals surface area contributed by atoms with E-state index in [1.165, 1.54) is 0 Å². The molecule has 11 heavy (non-hydrogen) atoms. The molecule has 56 valence electrons. The van der Waals surface area contributed by atoms with Crippen LogP contribution >= 0.6 is 7.94 Å². The van der Waals surface area contributed by atoms with Crippen LogP contribution in [0.5, 0.6) is 0 Å². The van der Waals surface area contributed by atoms with Crippen molar-refractivity contribution in [2.24, 2.45) is 0 Å². The molecule has 0 fully saturated rings. The first kappa shape index (κ1) is 18.9. The van der Waals surface area contributed by atoms with E-state index >= 15 is 0 Å². The van der Waals surface area contributed by atoms with Crippen LogP contribution < -0.4 is 73.8 Å². The average Bonchev–Trinajstić information content (AvgIpc) is 1.62. The second-order valence-electron chi connectivity index (χ2n) is 1.69. The maximum Gasteiger partial charge on any atom is 1.00 e. The summed E-state index contributed by atoms with van der Waals surface area (Å²) >= 11 is 0. The summed E-state index contributed by atoms with van der Waals surface area (Å²) in [6.45, 7) is 1.02. The van der Waals surface area contributed by atoms with Gasteiger partial charge in [-0.15, -0.1) is 7.94 Å². The number of aliphatic hydroxyl groups excluding tert-OH is 2. The summed E-state index contributed by atoms with van der Waals surface area (Å²) in [7, 11) is -5.01. The van der Waals surface area contributed by atoms with Crippen molar-refractivity contribution >= 4 is 7.94 Å². The molecule has 0 heterocycles. The van der Waals surface area contributed by atoms with Gasteiger partial charge >= 0.3 is 59.1 Å². The molecule has 0 amide bonds. The molecule has 0 aromatic carbocycles. The van der Waals surface area contributed by atoms with E-state index in [9.17, 15) is 14.7 Å². The van der Waals surface area contributed by atoms with Gasteiger partial charge in [0.25, 0.3) is 0 Å². The van der Waals surface area contributed by atoms with Gasteiger partial charge in [-0.2, -0.15) is 0 Å². The van der Waals surface area contributed by atoms with Crippen molar-refractivity contribution in [1.82, 2.24) is 0 Å². The second-order valence-corrected chi connectivity index (χ2v) is 3.30. The summed E-state index contributed by atoms with van der Waals surface area (Å²) < 4.78 is 0. The summed E-state index contributed by atoms with van der Waals surface area (Å²) in [6.07, 6.45) is -1.52. The Morgan fingerprint density at radius 1 is 1.09 bits per heavy atom. The van der Waals surface area contributed by atoms with Crippen molar-refractivity contribution in [3.63, 3.8) is 0 Å². The molecule has 0 saturated heterocycles. The van der Waals surface area contributed by atoms with E-state index in [2.05, 4.69) is 0 Å². The molecule has 0 aliphatic carbocycles. The molecule has 2 atom stereocenters. The Kier molecular flexibility index (Phi) is 13.1. The summed E-state index contributed by atoms with van der Waals surface area (Å²) in [5.41, 5.74) is 0.